The molecular formula is C12H16BrN3S. The molecule has 2 rings (SSSR count). The Hall–Kier alpha value is -0.650. The molecule has 0 saturated carbocycles. The SMILES string of the molecule is CCCNC(c1sccc1Br)c1ccnn1C. The second-order valence-electron chi connectivity index (χ2n) is 3.90. The van der Waals surface area contributed by atoms with Gasteiger partial charge in [0, 0.05) is 22.6 Å². The molecule has 2 heterocycles. The summed E-state index contributed by atoms with van der Waals surface area (Å²) in [6.45, 7) is 3.18. The van der Waals surface area contributed by atoms with Crippen LogP contribution in [0.25, 0.3) is 0 Å². The number of hydrogen-bond acceptors (Lipinski definition) is 3. The van der Waals surface area contributed by atoms with Gasteiger partial charge >= 0.3 is 0 Å². The molecule has 0 radical (unpaired) electrons. The van der Waals surface area contributed by atoms with Gasteiger partial charge < -0.3 is 5.32 Å². The maximum absolute atomic E-state index is 4.25. The van der Waals surface area contributed by atoms with Gasteiger partial charge in [-0.1, -0.05) is 6.92 Å². The van der Waals surface area contributed by atoms with E-state index in [0.29, 0.717) is 0 Å². The maximum atomic E-state index is 4.25. The quantitative estimate of drug-likeness (QED) is 0.917. The highest BCUT2D eigenvalue weighted by Gasteiger charge is 2.19. The molecule has 92 valence electrons. The minimum absolute atomic E-state index is 0.219. The standard InChI is InChI=1S/C12H16BrN3S/c1-3-6-14-11(10-4-7-15-16(10)2)12-9(13)5-8-17-12/h4-5,7-8,11,14H,3,6H2,1-2H3. The molecule has 0 saturated heterocycles. The monoisotopic (exact) mass is 313 g/mol. The lowest BCUT2D eigenvalue weighted by Gasteiger charge is -2.18. The fourth-order valence-corrected chi connectivity index (χ4v) is 3.49. The minimum Gasteiger partial charge on any atom is -0.304 e. The van der Waals surface area contributed by atoms with Crippen molar-refractivity contribution in [1.82, 2.24) is 15.1 Å². The Kier molecular flexibility index (Phi) is 4.36. The van der Waals surface area contributed by atoms with Gasteiger partial charge in [0.2, 0.25) is 0 Å². The highest BCUT2D eigenvalue weighted by molar-refractivity contribution is 9.10. The summed E-state index contributed by atoms with van der Waals surface area (Å²) in [5.74, 6) is 0. The Morgan fingerprint density at radius 1 is 1.53 bits per heavy atom. The lowest BCUT2D eigenvalue weighted by Crippen LogP contribution is -2.24. The van der Waals surface area contributed by atoms with Crippen molar-refractivity contribution in [2.24, 2.45) is 7.05 Å². The van der Waals surface area contributed by atoms with E-state index in [0.717, 1.165) is 17.4 Å². The van der Waals surface area contributed by atoms with Gasteiger partial charge in [0.25, 0.3) is 0 Å². The minimum atomic E-state index is 0.219. The van der Waals surface area contributed by atoms with Crippen LogP contribution >= 0.6 is 27.3 Å². The molecule has 1 unspecified atom stereocenters. The van der Waals surface area contributed by atoms with Crippen molar-refractivity contribution < 1.29 is 0 Å². The highest BCUT2D eigenvalue weighted by atomic mass is 79.9. The lowest BCUT2D eigenvalue weighted by molar-refractivity contribution is 0.558. The highest BCUT2D eigenvalue weighted by Crippen LogP contribution is 2.32. The predicted octanol–water partition coefficient (Wildman–Crippen LogP) is 3.33. The van der Waals surface area contributed by atoms with Gasteiger partial charge in [0.1, 0.15) is 0 Å². The molecule has 1 N–H and O–H groups in total. The Bertz CT molecular complexity index is 437. The lowest BCUT2D eigenvalue weighted by atomic mass is 10.1. The van der Waals surface area contributed by atoms with Crippen LogP contribution in [0.3, 0.4) is 0 Å². The largest absolute Gasteiger partial charge is 0.304 e. The van der Waals surface area contributed by atoms with Crippen LogP contribution in [0.2, 0.25) is 0 Å². The molecule has 0 aliphatic heterocycles. The normalized spacial score (nSPS) is 12.9. The summed E-state index contributed by atoms with van der Waals surface area (Å²) in [7, 11) is 1.98. The first kappa shape index (κ1) is 12.8. The topological polar surface area (TPSA) is 29.9 Å². The van der Waals surface area contributed by atoms with Crippen molar-refractivity contribution in [3.05, 3.63) is 38.8 Å². The molecule has 1 atom stereocenters. The van der Waals surface area contributed by atoms with E-state index in [1.165, 1.54) is 10.6 Å². The Morgan fingerprint density at radius 3 is 2.88 bits per heavy atom. The second-order valence-corrected chi connectivity index (χ2v) is 5.70. The summed E-state index contributed by atoms with van der Waals surface area (Å²) >= 11 is 5.37. The van der Waals surface area contributed by atoms with Crippen molar-refractivity contribution >= 4 is 27.3 Å². The van der Waals surface area contributed by atoms with E-state index in [2.05, 4.69) is 50.8 Å². The van der Waals surface area contributed by atoms with Gasteiger partial charge in [-0.3, -0.25) is 4.68 Å². The zero-order valence-corrected chi connectivity index (χ0v) is 12.4. The molecule has 17 heavy (non-hydrogen) atoms. The van der Waals surface area contributed by atoms with E-state index in [1.807, 2.05) is 17.9 Å². The third-order valence-electron chi connectivity index (χ3n) is 2.66. The molecule has 0 spiro atoms. The van der Waals surface area contributed by atoms with E-state index in [-0.39, 0.29) is 6.04 Å². The molecule has 0 bridgehead atoms. The van der Waals surface area contributed by atoms with E-state index >= 15 is 0 Å². The van der Waals surface area contributed by atoms with Crippen LogP contribution in [-0.4, -0.2) is 16.3 Å². The van der Waals surface area contributed by atoms with Crippen LogP contribution < -0.4 is 5.32 Å². The van der Waals surface area contributed by atoms with Crippen molar-refractivity contribution in [3.63, 3.8) is 0 Å². The van der Waals surface area contributed by atoms with Gasteiger partial charge in [-0.15, -0.1) is 11.3 Å². The summed E-state index contributed by atoms with van der Waals surface area (Å²) in [5, 5.41) is 9.93. The van der Waals surface area contributed by atoms with Crippen LogP contribution in [0.5, 0.6) is 0 Å². The van der Waals surface area contributed by atoms with Gasteiger partial charge in [-0.25, -0.2) is 0 Å². The molecule has 5 heteroatoms. The molecular weight excluding hydrogens is 298 g/mol. The van der Waals surface area contributed by atoms with Crippen LogP contribution in [-0.2, 0) is 7.05 Å². The average molecular weight is 314 g/mol. The molecule has 0 aliphatic rings. The van der Waals surface area contributed by atoms with Crippen molar-refractivity contribution in [2.45, 2.75) is 19.4 Å². The first-order valence-electron chi connectivity index (χ1n) is 5.68. The second kappa shape index (κ2) is 5.80. The fraction of sp³-hybridized carbons (Fsp3) is 0.417. The maximum Gasteiger partial charge on any atom is 0.0853 e. The zero-order chi connectivity index (χ0) is 12.3. The summed E-state index contributed by atoms with van der Waals surface area (Å²) in [4.78, 5) is 1.31. The summed E-state index contributed by atoms with van der Waals surface area (Å²) in [6.07, 6.45) is 2.97. The molecule has 2 aromatic heterocycles. The number of nitrogens with zero attached hydrogens (tertiary/aromatic N) is 2. The summed E-state index contributed by atoms with van der Waals surface area (Å²) in [6, 6.07) is 4.38. The number of hydrogen-bond donors (Lipinski definition) is 1. The molecule has 0 aromatic carbocycles. The van der Waals surface area contributed by atoms with Crippen LogP contribution in [0, 0.1) is 0 Å². The first-order valence-corrected chi connectivity index (χ1v) is 7.35. The number of aryl methyl sites for hydroxylation is 1. The molecule has 2 aromatic rings. The number of halogens is 1. The smallest absolute Gasteiger partial charge is 0.0853 e. The van der Waals surface area contributed by atoms with Gasteiger partial charge in [-0.2, -0.15) is 5.10 Å². The zero-order valence-electron chi connectivity index (χ0n) is 9.98. The number of thiophene rings is 1. The third kappa shape index (κ3) is 2.78. The number of rotatable bonds is 5. The Balaban J connectivity index is 2.32. The van der Waals surface area contributed by atoms with Gasteiger partial charge in [0.05, 0.1) is 11.7 Å². The van der Waals surface area contributed by atoms with Gasteiger partial charge in [-0.05, 0) is 46.4 Å². The molecule has 0 amide bonds. The fourth-order valence-electron chi connectivity index (χ4n) is 1.80. The van der Waals surface area contributed by atoms with E-state index in [1.54, 1.807) is 11.3 Å². The average Bonchev–Trinajstić information content (AvgIpc) is 2.90. The van der Waals surface area contributed by atoms with E-state index in [4.69, 9.17) is 0 Å². The number of nitrogens with one attached hydrogen (secondary N) is 1. The Morgan fingerprint density at radius 2 is 2.35 bits per heavy atom. The van der Waals surface area contributed by atoms with Crippen LogP contribution in [0.1, 0.15) is 30.0 Å². The summed E-state index contributed by atoms with van der Waals surface area (Å²) < 4.78 is 3.09. The van der Waals surface area contributed by atoms with Crippen molar-refractivity contribution in [2.75, 3.05) is 6.54 Å². The molecule has 0 fully saturated rings. The first-order chi connectivity index (χ1) is 8.24. The summed E-state index contributed by atoms with van der Waals surface area (Å²) in [5.41, 5.74) is 1.20. The van der Waals surface area contributed by atoms with Gasteiger partial charge in [0.15, 0.2) is 0 Å². The third-order valence-corrected chi connectivity index (χ3v) is 4.60. The predicted molar refractivity (Wildman–Crippen MR) is 75.4 cm³/mol. The van der Waals surface area contributed by atoms with Crippen LogP contribution in [0.4, 0.5) is 0 Å². The van der Waals surface area contributed by atoms with E-state index in [9.17, 15) is 0 Å². The molecule has 0 aliphatic carbocycles. The van der Waals surface area contributed by atoms with Crippen molar-refractivity contribution in [3.8, 4) is 0 Å². The van der Waals surface area contributed by atoms with E-state index < -0.39 is 0 Å². The van der Waals surface area contributed by atoms with Crippen LogP contribution in [0.15, 0.2) is 28.2 Å². The molecule has 3 nitrogen and oxygen atoms in total. The Labute approximate surface area is 114 Å². The van der Waals surface area contributed by atoms with Crippen molar-refractivity contribution in [1.29, 1.82) is 0 Å². The number of aromatic nitrogens is 2.